The van der Waals surface area contributed by atoms with Gasteiger partial charge in [-0.3, -0.25) is 0 Å². The summed E-state index contributed by atoms with van der Waals surface area (Å²) in [6, 6.07) is 4.27. The summed E-state index contributed by atoms with van der Waals surface area (Å²) in [6.45, 7) is 6.29. The molecule has 0 radical (unpaired) electrons. The van der Waals surface area contributed by atoms with Gasteiger partial charge in [-0.25, -0.2) is 0 Å². The van der Waals surface area contributed by atoms with Crippen molar-refractivity contribution in [3.8, 4) is 0 Å². The van der Waals surface area contributed by atoms with Gasteiger partial charge in [-0.1, -0.05) is 25.5 Å². The molecule has 0 bridgehead atoms. The number of rotatable bonds is 3. The maximum Gasteiger partial charge on any atom is 0.0373 e. The van der Waals surface area contributed by atoms with E-state index >= 15 is 0 Å². The van der Waals surface area contributed by atoms with Crippen LogP contribution in [0.25, 0.3) is 6.08 Å². The molecule has 0 saturated carbocycles. The van der Waals surface area contributed by atoms with E-state index in [4.69, 9.17) is 5.73 Å². The van der Waals surface area contributed by atoms with Crippen molar-refractivity contribution in [1.82, 2.24) is 0 Å². The van der Waals surface area contributed by atoms with Crippen molar-refractivity contribution in [2.75, 3.05) is 5.73 Å². The van der Waals surface area contributed by atoms with Crippen LogP contribution in [0, 0.1) is 13.8 Å². The SMILES string of the molecule is CCC/C=C/c1cc(C)c(N)c(C)c1. The summed E-state index contributed by atoms with van der Waals surface area (Å²) in [6.07, 6.45) is 6.72. The van der Waals surface area contributed by atoms with Crippen molar-refractivity contribution in [3.63, 3.8) is 0 Å². The molecule has 0 aliphatic rings. The summed E-state index contributed by atoms with van der Waals surface area (Å²) < 4.78 is 0. The molecule has 0 aliphatic carbocycles. The van der Waals surface area contributed by atoms with Crippen LogP contribution in [0.3, 0.4) is 0 Å². The number of anilines is 1. The standard InChI is InChI=1S/C13H19N/c1-4-5-6-7-12-8-10(2)13(14)11(3)9-12/h6-9H,4-5,14H2,1-3H3/b7-6+. The average Bonchev–Trinajstić information content (AvgIpc) is 2.14. The van der Waals surface area contributed by atoms with Crippen LogP contribution in [0.1, 0.15) is 36.5 Å². The van der Waals surface area contributed by atoms with Crippen LogP contribution in [-0.2, 0) is 0 Å². The Bertz CT molecular complexity index is 314. The van der Waals surface area contributed by atoms with Crippen molar-refractivity contribution >= 4 is 11.8 Å². The van der Waals surface area contributed by atoms with E-state index in [0.29, 0.717) is 0 Å². The van der Waals surface area contributed by atoms with Crippen LogP contribution in [0.15, 0.2) is 18.2 Å². The van der Waals surface area contributed by atoms with E-state index in [1.165, 1.54) is 23.1 Å². The molecule has 0 amide bonds. The number of nitrogen functional groups attached to an aromatic ring is 1. The largest absolute Gasteiger partial charge is 0.398 e. The zero-order valence-corrected chi connectivity index (χ0v) is 9.30. The van der Waals surface area contributed by atoms with Crippen LogP contribution in [-0.4, -0.2) is 0 Å². The maximum atomic E-state index is 5.88. The fourth-order valence-corrected chi connectivity index (χ4v) is 1.49. The Kier molecular flexibility index (Phi) is 3.75. The van der Waals surface area contributed by atoms with Crippen molar-refractivity contribution in [2.24, 2.45) is 0 Å². The Morgan fingerprint density at radius 1 is 1.21 bits per heavy atom. The first-order chi connectivity index (χ1) is 6.65. The molecular formula is C13H19N. The Hall–Kier alpha value is -1.24. The molecule has 1 rings (SSSR count). The molecule has 0 saturated heterocycles. The molecule has 0 heterocycles. The minimum Gasteiger partial charge on any atom is -0.398 e. The molecule has 1 aromatic carbocycles. The summed E-state index contributed by atoms with van der Waals surface area (Å²) >= 11 is 0. The molecule has 0 atom stereocenters. The lowest BCUT2D eigenvalue weighted by atomic mass is 10.0. The second-order valence-corrected chi connectivity index (χ2v) is 3.76. The van der Waals surface area contributed by atoms with Gasteiger partial charge >= 0.3 is 0 Å². The first-order valence-electron chi connectivity index (χ1n) is 5.18. The van der Waals surface area contributed by atoms with Crippen LogP contribution >= 0.6 is 0 Å². The Morgan fingerprint density at radius 3 is 2.29 bits per heavy atom. The quantitative estimate of drug-likeness (QED) is 0.721. The molecule has 1 aromatic rings. The third-order valence-electron chi connectivity index (χ3n) is 2.38. The van der Waals surface area contributed by atoms with Gasteiger partial charge in [0.1, 0.15) is 0 Å². The number of hydrogen-bond donors (Lipinski definition) is 1. The van der Waals surface area contributed by atoms with E-state index in [1.807, 2.05) is 0 Å². The van der Waals surface area contributed by atoms with E-state index in [2.05, 4.69) is 45.1 Å². The highest BCUT2D eigenvalue weighted by atomic mass is 14.6. The third kappa shape index (κ3) is 2.63. The summed E-state index contributed by atoms with van der Waals surface area (Å²) in [5, 5.41) is 0. The van der Waals surface area contributed by atoms with Crippen LogP contribution < -0.4 is 5.73 Å². The number of benzene rings is 1. The van der Waals surface area contributed by atoms with Crippen LogP contribution in [0.4, 0.5) is 5.69 Å². The van der Waals surface area contributed by atoms with Gasteiger partial charge in [-0.15, -0.1) is 0 Å². The molecule has 0 fully saturated rings. The Balaban J connectivity index is 2.89. The van der Waals surface area contributed by atoms with Gasteiger partial charge in [0.2, 0.25) is 0 Å². The predicted octanol–water partition coefficient (Wildman–Crippen LogP) is 3.70. The van der Waals surface area contributed by atoms with Gasteiger partial charge in [0.05, 0.1) is 0 Å². The fourth-order valence-electron chi connectivity index (χ4n) is 1.49. The smallest absolute Gasteiger partial charge is 0.0373 e. The lowest BCUT2D eigenvalue weighted by Gasteiger charge is -2.05. The highest BCUT2D eigenvalue weighted by molar-refractivity contribution is 5.61. The van der Waals surface area contributed by atoms with Gasteiger partial charge in [0.25, 0.3) is 0 Å². The van der Waals surface area contributed by atoms with Gasteiger partial charge in [0, 0.05) is 5.69 Å². The second-order valence-electron chi connectivity index (χ2n) is 3.76. The first-order valence-corrected chi connectivity index (χ1v) is 5.18. The van der Waals surface area contributed by atoms with E-state index in [9.17, 15) is 0 Å². The zero-order valence-electron chi connectivity index (χ0n) is 9.30. The van der Waals surface area contributed by atoms with Crippen molar-refractivity contribution < 1.29 is 0 Å². The molecule has 0 aliphatic heterocycles. The van der Waals surface area contributed by atoms with Crippen molar-refractivity contribution in [1.29, 1.82) is 0 Å². The number of aryl methyl sites for hydroxylation is 2. The van der Waals surface area contributed by atoms with E-state index in [0.717, 1.165) is 12.1 Å². The highest BCUT2D eigenvalue weighted by Gasteiger charge is 1.98. The van der Waals surface area contributed by atoms with E-state index in [1.54, 1.807) is 0 Å². The molecule has 2 N–H and O–H groups in total. The average molecular weight is 189 g/mol. The Labute approximate surface area is 86.6 Å². The van der Waals surface area contributed by atoms with Crippen LogP contribution in [0.5, 0.6) is 0 Å². The molecule has 1 nitrogen and oxygen atoms in total. The first kappa shape index (κ1) is 10.8. The number of allylic oxidation sites excluding steroid dienone is 1. The lowest BCUT2D eigenvalue weighted by molar-refractivity contribution is 0.962. The minimum atomic E-state index is 0.914. The van der Waals surface area contributed by atoms with E-state index in [-0.39, 0.29) is 0 Å². The number of hydrogen-bond acceptors (Lipinski definition) is 1. The van der Waals surface area contributed by atoms with Gasteiger partial charge in [-0.2, -0.15) is 0 Å². The topological polar surface area (TPSA) is 26.0 Å². The molecular weight excluding hydrogens is 170 g/mol. The Morgan fingerprint density at radius 2 is 1.79 bits per heavy atom. The normalized spacial score (nSPS) is 11.1. The number of nitrogens with two attached hydrogens (primary N) is 1. The highest BCUT2D eigenvalue weighted by Crippen LogP contribution is 2.19. The van der Waals surface area contributed by atoms with Crippen molar-refractivity contribution in [3.05, 3.63) is 34.9 Å². The summed E-state index contributed by atoms with van der Waals surface area (Å²) in [7, 11) is 0. The summed E-state index contributed by atoms with van der Waals surface area (Å²) in [4.78, 5) is 0. The third-order valence-corrected chi connectivity index (χ3v) is 2.38. The van der Waals surface area contributed by atoms with E-state index < -0.39 is 0 Å². The molecule has 14 heavy (non-hydrogen) atoms. The molecule has 76 valence electrons. The summed E-state index contributed by atoms with van der Waals surface area (Å²) in [5.74, 6) is 0. The second kappa shape index (κ2) is 4.85. The fraction of sp³-hybridized carbons (Fsp3) is 0.385. The zero-order chi connectivity index (χ0) is 10.6. The molecule has 0 aromatic heterocycles. The lowest BCUT2D eigenvalue weighted by Crippen LogP contribution is -1.93. The van der Waals surface area contributed by atoms with Gasteiger partial charge in [0.15, 0.2) is 0 Å². The van der Waals surface area contributed by atoms with Crippen LogP contribution in [0.2, 0.25) is 0 Å². The van der Waals surface area contributed by atoms with Gasteiger partial charge < -0.3 is 5.73 Å². The number of unbranched alkanes of at least 4 members (excludes halogenated alkanes) is 1. The molecule has 0 unspecified atom stereocenters. The monoisotopic (exact) mass is 189 g/mol. The van der Waals surface area contributed by atoms with Crippen molar-refractivity contribution in [2.45, 2.75) is 33.6 Å². The maximum absolute atomic E-state index is 5.88. The molecule has 0 spiro atoms. The van der Waals surface area contributed by atoms with Gasteiger partial charge in [-0.05, 0) is 49.1 Å². The molecule has 1 heteroatoms. The minimum absolute atomic E-state index is 0.914. The predicted molar refractivity (Wildman–Crippen MR) is 64.3 cm³/mol. The summed E-state index contributed by atoms with van der Waals surface area (Å²) in [5.41, 5.74) is 10.4.